The van der Waals surface area contributed by atoms with Crippen LogP contribution in [0, 0.1) is 11.8 Å². The monoisotopic (exact) mass is 322 g/mol. The van der Waals surface area contributed by atoms with Crippen molar-refractivity contribution >= 4 is 0 Å². The Morgan fingerprint density at radius 2 is 1.17 bits per heavy atom. The van der Waals surface area contributed by atoms with Gasteiger partial charge in [0.1, 0.15) is 0 Å². The minimum atomic E-state index is -0.769. The minimum Gasteiger partial charge on any atom is -0.357 e. The van der Waals surface area contributed by atoms with E-state index in [0.717, 1.165) is 15.6 Å². The van der Waals surface area contributed by atoms with Crippen LogP contribution in [0.1, 0.15) is 25.0 Å². The smallest absolute Gasteiger partial charge is 0.179 e. The second kappa shape index (κ2) is 6.81. The molecule has 0 bridgehead atoms. The summed E-state index contributed by atoms with van der Waals surface area (Å²) >= 11 is 0. The summed E-state index contributed by atoms with van der Waals surface area (Å²) in [6, 6.07) is 20.4. The first kappa shape index (κ1) is 18.3. The van der Waals surface area contributed by atoms with Gasteiger partial charge in [0.25, 0.3) is 0 Å². The topological polar surface area (TPSA) is 9.23 Å². The molecule has 0 saturated carbocycles. The van der Waals surface area contributed by atoms with Crippen molar-refractivity contribution in [2.75, 3.05) is 28.3 Å². The van der Waals surface area contributed by atoms with Gasteiger partial charge >= 0.3 is 0 Å². The highest BCUT2D eigenvalue weighted by Crippen LogP contribution is 2.33. The molecule has 0 aliphatic heterocycles. The normalized spacial score (nSPS) is 12.4. The molecule has 0 spiro atoms. The Hall–Kier alpha value is -2.08. The molecule has 2 aromatic carbocycles. The molecule has 2 aromatic rings. The lowest BCUT2D eigenvalue weighted by Crippen LogP contribution is -2.52. The van der Waals surface area contributed by atoms with Gasteiger partial charge in [-0.25, -0.2) is 0 Å². The first-order valence-corrected chi connectivity index (χ1v) is 8.25. The van der Waals surface area contributed by atoms with Crippen LogP contribution >= 0.6 is 0 Å². The maximum absolute atomic E-state index is 6.04. The van der Waals surface area contributed by atoms with E-state index in [1.807, 2.05) is 36.4 Å². The van der Waals surface area contributed by atoms with E-state index in [1.54, 1.807) is 7.11 Å². The van der Waals surface area contributed by atoms with Gasteiger partial charge in [0.15, 0.2) is 11.1 Å². The highest BCUT2D eigenvalue weighted by atomic mass is 16.5. The molecule has 0 amide bonds. The fourth-order valence-corrected chi connectivity index (χ4v) is 2.35. The average molecular weight is 322 g/mol. The summed E-state index contributed by atoms with van der Waals surface area (Å²) in [6.45, 7) is 4.33. The van der Waals surface area contributed by atoms with E-state index in [9.17, 15) is 0 Å². The first-order valence-electron chi connectivity index (χ1n) is 8.25. The van der Waals surface area contributed by atoms with Crippen LogP contribution in [0.5, 0.6) is 0 Å². The van der Waals surface area contributed by atoms with Crippen LogP contribution in [-0.4, -0.2) is 38.3 Å². The van der Waals surface area contributed by atoms with Gasteiger partial charge in [-0.05, 0) is 5.92 Å². The van der Waals surface area contributed by atoms with Crippen LogP contribution in [0.25, 0.3) is 0 Å². The number of methoxy groups -OCH3 is 1. The largest absolute Gasteiger partial charge is 0.357 e. The van der Waals surface area contributed by atoms with Crippen molar-refractivity contribution in [2.24, 2.45) is 0 Å². The third-order valence-electron chi connectivity index (χ3n) is 4.89. The zero-order valence-electron chi connectivity index (χ0n) is 15.6. The van der Waals surface area contributed by atoms with E-state index >= 15 is 0 Å². The van der Waals surface area contributed by atoms with Crippen molar-refractivity contribution in [3.8, 4) is 11.8 Å². The third-order valence-corrected chi connectivity index (χ3v) is 4.89. The third kappa shape index (κ3) is 3.53. The van der Waals surface area contributed by atoms with Crippen molar-refractivity contribution < 1.29 is 9.22 Å². The SMILES string of the molecule is COC(C#CC(C)(C)[N+](C)(C)C)(c1ccccc1)c1ccccc1. The van der Waals surface area contributed by atoms with Gasteiger partial charge in [-0.15, -0.1) is 0 Å². The van der Waals surface area contributed by atoms with E-state index in [2.05, 4.69) is 71.1 Å². The minimum absolute atomic E-state index is 0.201. The molecular weight excluding hydrogens is 294 g/mol. The van der Waals surface area contributed by atoms with E-state index < -0.39 is 5.60 Å². The lowest BCUT2D eigenvalue weighted by atomic mass is 9.85. The second-order valence-corrected chi connectivity index (χ2v) is 7.44. The number of benzene rings is 2. The molecule has 24 heavy (non-hydrogen) atoms. The summed E-state index contributed by atoms with van der Waals surface area (Å²) < 4.78 is 6.79. The van der Waals surface area contributed by atoms with Crippen molar-refractivity contribution in [1.82, 2.24) is 0 Å². The Labute approximate surface area is 146 Å². The average Bonchev–Trinajstić information content (AvgIpc) is 2.57. The first-order chi connectivity index (χ1) is 11.2. The number of hydrogen-bond acceptors (Lipinski definition) is 1. The maximum Gasteiger partial charge on any atom is 0.179 e. The maximum atomic E-state index is 6.04. The van der Waals surface area contributed by atoms with Crippen molar-refractivity contribution in [2.45, 2.75) is 25.0 Å². The number of nitrogens with zero attached hydrogens (tertiary/aromatic N) is 1. The van der Waals surface area contributed by atoms with Crippen LogP contribution < -0.4 is 0 Å². The molecule has 2 nitrogen and oxygen atoms in total. The molecule has 0 aromatic heterocycles. The molecule has 0 unspecified atom stereocenters. The Kier molecular flexibility index (Phi) is 5.18. The van der Waals surface area contributed by atoms with Gasteiger partial charge in [-0.3, -0.25) is 0 Å². The van der Waals surface area contributed by atoms with Crippen LogP contribution in [0.2, 0.25) is 0 Å². The van der Waals surface area contributed by atoms with Gasteiger partial charge < -0.3 is 9.22 Å². The van der Waals surface area contributed by atoms with Crippen molar-refractivity contribution in [1.29, 1.82) is 0 Å². The molecule has 0 aliphatic carbocycles. The molecule has 0 atom stereocenters. The summed E-state index contributed by atoms with van der Waals surface area (Å²) in [5.74, 6) is 6.96. The number of ether oxygens (including phenoxy) is 1. The number of rotatable bonds is 4. The summed E-state index contributed by atoms with van der Waals surface area (Å²) in [5, 5.41) is 0. The van der Waals surface area contributed by atoms with Crippen LogP contribution in [0.15, 0.2) is 60.7 Å². The molecular formula is C22H28NO+. The predicted molar refractivity (Wildman–Crippen MR) is 101 cm³/mol. The summed E-state index contributed by atoms with van der Waals surface area (Å²) in [4.78, 5) is 0. The Bertz CT molecular complexity index is 676. The highest BCUT2D eigenvalue weighted by Gasteiger charge is 2.35. The van der Waals surface area contributed by atoms with Gasteiger partial charge in [0.2, 0.25) is 0 Å². The highest BCUT2D eigenvalue weighted by molar-refractivity contribution is 5.45. The molecule has 0 N–H and O–H groups in total. The van der Waals surface area contributed by atoms with E-state index in [4.69, 9.17) is 4.74 Å². The summed E-state index contributed by atoms with van der Waals surface area (Å²) in [7, 11) is 8.21. The lowest BCUT2D eigenvalue weighted by Gasteiger charge is -2.38. The number of quaternary nitrogens is 1. The summed E-state index contributed by atoms with van der Waals surface area (Å²) in [5.41, 5.74) is 1.12. The van der Waals surface area contributed by atoms with Gasteiger partial charge in [-0.1, -0.05) is 66.6 Å². The summed E-state index contributed by atoms with van der Waals surface area (Å²) in [6.07, 6.45) is 0. The Balaban J connectivity index is 2.66. The fourth-order valence-electron chi connectivity index (χ4n) is 2.35. The van der Waals surface area contributed by atoms with Gasteiger partial charge in [0, 0.05) is 32.1 Å². The molecule has 0 aliphatic rings. The predicted octanol–water partition coefficient (Wildman–Crippen LogP) is 4.06. The molecule has 0 fully saturated rings. The molecule has 2 heteroatoms. The number of hydrogen-bond donors (Lipinski definition) is 0. The fraction of sp³-hybridized carbons (Fsp3) is 0.364. The van der Waals surface area contributed by atoms with Gasteiger partial charge in [0.05, 0.1) is 21.1 Å². The molecule has 0 saturated heterocycles. The van der Waals surface area contributed by atoms with Gasteiger partial charge in [-0.2, -0.15) is 0 Å². The zero-order chi connectivity index (χ0) is 17.8. The molecule has 126 valence electrons. The Morgan fingerprint density at radius 1 is 0.750 bits per heavy atom. The van der Waals surface area contributed by atoms with Crippen molar-refractivity contribution in [3.63, 3.8) is 0 Å². The van der Waals surface area contributed by atoms with E-state index in [1.165, 1.54) is 0 Å². The van der Waals surface area contributed by atoms with E-state index in [0.29, 0.717) is 0 Å². The Morgan fingerprint density at radius 3 is 1.50 bits per heavy atom. The van der Waals surface area contributed by atoms with E-state index in [-0.39, 0.29) is 5.54 Å². The quantitative estimate of drug-likeness (QED) is 0.609. The zero-order valence-corrected chi connectivity index (χ0v) is 15.6. The molecule has 2 rings (SSSR count). The van der Waals surface area contributed by atoms with Crippen LogP contribution in [0.4, 0.5) is 0 Å². The second-order valence-electron chi connectivity index (χ2n) is 7.44. The molecule has 0 radical (unpaired) electrons. The van der Waals surface area contributed by atoms with Crippen LogP contribution in [0.3, 0.4) is 0 Å². The van der Waals surface area contributed by atoms with Crippen molar-refractivity contribution in [3.05, 3.63) is 71.8 Å². The molecule has 0 heterocycles. The van der Waals surface area contributed by atoms with Crippen LogP contribution in [-0.2, 0) is 10.3 Å². The lowest BCUT2D eigenvalue weighted by molar-refractivity contribution is -0.909. The standard InChI is InChI=1S/C22H28NO/c1-21(2,23(3,4)5)17-18-22(24-6,19-13-9-7-10-14-19)20-15-11-8-12-16-20/h7-16H,1-6H3/q+1.